The number of carbonyl (C=O) groups is 1. The van der Waals surface area contributed by atoms with E-state index in [2.05, 4.69) is 19.2 Å². The number of aliphatic hydroxyl groups excluding tert-OH is 1. The predicted octanol–water partition coefficient (Wildman–Crippen LogP) is 6.60. The van der Waals surface area contributed by atoms with Crippen LogP contribution in [0.5, 0.6) is 0 Å². The van der Waals surface area contributed by atoms with Gasteiger partial charge in [-0.1, -0.05) is 95.9 Å². The number of allylic oxidation sites excluding steroid dienone is 1. The second-order valence-corrected chi connectivity index (χ2v) is 8.20. The standard InChI is InChI=1S/C26H43NO2/c1-4-6-7-8-9-10-11-12-13-14-15-16-17-25(28)22(3)27-26(29)24-20-18-23(5-2)19-21-24/h16-22,25,28H,4-15H2,1-3H3,(H,27,29)/b17-16+/t22-,25-/m1/s1. The Morgan fingerprint density at radius 3 is 2.03 bits per heavy atom. The Morgan fingerprint density at radius 1 is 0.931 bits per heavy atom. The number of aliphatic hydroxyl groups is 1. The first-order chi connectivity index (χ1) is 14.1. The molecular formula is C26H43NO2. The summed E-state index contributed by atoms with van der Waals surface area (Å²) in [6.07, 6.45) is 18.5. The molecule has 0 radical (unpaired) electrons. The molecule has 29 heavy (non-hydrogen) atoms. The van der Waals surface area contributed by atoms with Gasteiger partial charge in [-0.2, -0.15) is 0 Å². The number of carbonyl (C=O) groups excluding carboxylic acids is 1. The molecular weight excluding hydrogens is 358 g/mol. The van der Waals surface area contributed by atoms with Crippen LogP contribution in [0, 0.1) is 0 Å². The maximum absolute atomic E-state index is 12.3. The largest absolute Gasteiger partial charge is 0.387 e. The van der Waals surface area contributed by atoms with E-state index >= 15 is 0 Å². The van der Waals surface area contributed by atoms with Crippen LogP contribution >= 0.6 is 0 Å². The third-order valence-corrected chi connectivity index (χ3v) is 5.55. The van der Waals surface area contributed by atoms with E-state index in [1.54, 1.807) is 0 Å². The Hall–Kier alpha value is -1.61. The Kier molecular flexibility index (Phi) is 14.2. The van der Waals surface area contributed by atoms with Crippen LogP contribution in [-0.2, 0) is 6.42 Å². The highest BCUT2D eigenvalue weighted by atomic mass is 16.3. The van der Waals surface area contributed by atoms with Gasteiger partial charge >= 0.3 is 0 Å². The zero-order valence-electron chi connectivity index (χ0n) is 19.0. The topological polar surface area (TPSA) is 49.3 Å². The summed E-state index contributed by atoms with van der Waals surface area (Å²) >= 11 is 0. The van der Waals surface area contributed by atoms with Crippen molar-refractivity contribution in [1.29, 1.82) is 0 Å². The summed E-state index contributed by atoms with van der Waals surface area (Å²) in [7, 11) is 0. The predicted molar refractivity (Wildman–Crippen MR) is 124 cm³/mol. The minimum atomic E-state index is -0.656. The van der Waals surface area contributed by atoms with E-state index in [9.17, 15) is 9.90 Å². The average Bonchev–Trinajstić information content (AvgIpc) is 2.74. The van der Waals surface area contributed by atoms with Crippen molar-refractivity contribution in [2.75, 3.05) is 0 Å². The van der Waals surface area contributed by atoms with Crippen LogP contribution in [0.4, 0.5) is 0 Å². The summed E-state index contributed by atoms with van der Waals surface area (Å²) in [5.41, 5.74) is 1.85. The molecule has 0 fully saturated rings. The fourth-order valence-electron chi connectivity index (χ4n) is 3.42. The average molecular weight is 402 g/mol. The van der Waals surface area contributed by atoms with Gasteiger partial charge in [0, 0.05) is 5.56 Å². The van der Waals surface area contributed by atoms with Gasteiger partial charge in [-0.25, -0.2) is 0 Å². The number of rotatable bonds is 16. The van der Waals surface area contributed by atoms with Crippen LogP contribution < -0.4 is 5.32 Å². The maximum Gasteiger partial charge on any atom is 0.251 e. The molecule has 2 atom stereocenters. The molecule has 0 aliphatic rings. The van der Waals surface area contributed by atoms with Crippen LogP contribution in [0.15, 0.2) is 36.4 Å². The van der Waals surface area contributed by atoms with Gasteiger partial charge in [-0.15, -0.1) is 0 Å². The van der Waals surface area contributed by atoms with Gasteiger partial charge in [0.2, 0.25) is 0 Å². The molecule has 0 saturated heterocycles. The maximum atomic E-state index is 12.3. The van der Waals surface area contributed by atoms with Crippen molar-refractivity contribution in [3.63, 3.8) is 0 Å². The monoisotopic (exact) mass is 401 g/mol. The van der Waals surface area contributed by atoms with E-state index in [1.165, 1.54) is 69.8 Å². The quantitative estimate of drug-likeness (QED) is 0.242. The summed E-state index contributed by atoms with van der Waals surface area (Å²) in [6.45, 7) is 6.19. The molecule has 2 N–H and O–H groups in total. The molecule has 1 aromatic rings. The molecule has 164 valence electrons. The van der Waals surface area contributed by atoms with Gasteiger partial charge < -0.3 is 10.4 Å². The van der Waals surface area contributed by atoms with E-state index in [0.29, 0.717) is 5.56 Å². The molecule has 0 spiro atoms. The van der Waals surface area contributed by atoms with Crippen molar-refractivity contribution in [1.82, 2.24) is 5.32 Å². The molecule has 0 saturated carbocycles. The minimum Gasteiger partial charge on any atom is -0.387 e. The summed E-state index contributed by atoms with van der Waals surface area (Å²) in [5.74, 6) is -0.137. The lowest BCUT2D eigenvalue weighted by Crippen LogP contribution is -2.40. The first-order valence-corrected chi connectivity index (χ1v) is 11.8. The normalized spacial score (nSPS) is 13.5. The van der Waals surface area contributed by atoms with Crippen LogP contribution in [0.1, 0.15) is 107 Å². The molecule has 1 aromatic carbocycles. The Balaban J connectivity index is 2.12. The van der Waals surface area contributed by atoms with E-state index in [1.807, 2.05) is 43.3 Å². The number of amides is 1. The summed E-state index contributed by atoms with van der Waals surface area (Å²) in [6, 6.07) is 7.32. The summed E-state index contributed by atoms with van der Waals surface area (Å²) in [5, 5.41) is 13.1. The molecule has 0 aromatic heterocycles. The van der Waals surface area contributed by atoms with Crippen molar-refractivity contribution >= 4 is 5.91 Å². The lowest BCUT2D eigenvalue weighted by Gasteiger charge is -2.17. The first-order valence-electron chi connectivity index (χ1n) is 11.8. The Morgan fingerprint density at radius 2 is 1.48 bits per heavy atom. The fourth-order valence-corrected chi connectivity index (χ4v) is 3.42. The lowest BCUT2D eigenvalue weighted by molar-refractivity contribution is 0.0894. The van der Waals surface area contributed by atoms with Crippen LogP contribution in [-0.4, -0.2) is 23.2 Å². The third kappa shape index (κ3) is 11.9. The van der Waals surface area contributed by atoms with Crippen LogP contribution in [0.2, 0.25) is 0 Å². The van der Waals surface area contributed by atoms with Crippen LogP contribution in [0.3, 0.4) is 0 Å². The third-order valence-electron chi connectivity index (χ3n) is 5.55. The second kappa shape index (κ2) is 16.2. The van der Waals surface area contributed by atoms with E-state index < -0.39 is 6.10 Å². The second-order valence-electron chi connectivity index (χ2n) is 8.20. The number of benzene rings is 1. The van der Waals surface area contributed by atoms with Gasteiger partial charge in [0.1, 0.15) is 0 Å². The summed E-state index contributed by atoms with van der Waals surface area (Å²) < 4.78 is 0. The van der Waals surface area contributed by atoms with E-state index in [0.717, 1.165) is 12.8 Å². The van der Waals surface area contributed by atoms with Crippen molar-refractivity contribution in [2.45, 2.75) is 110 Å². The Bertz CT molecular complexity index is 565. The van der Waals surface area contributed by atoms with Gasteiger partial charge in [0.25, 0.3) is 5.91 Å². The first kappa shape index (κ1) is 25.4. The van der Waals surface area contributed by atoms with Gasteiger partial charge in [0.15, 0.2) is 0 Å². The molecule has 0 heterocycles. The molecule has 3 nitrogen and oxygen atoms in total. The van der Waals surface area contributed by atoms with Crippen molar-refractivity contribution in [3.05, 3.63) is 47.5 Å². The molecule has 0 bridgehead atoms. The highest BCUT2D eigenvalue weighted by Crippen LogP contribution is 2.12. The molecule has 0 unspecified atom stereocenters. The molecule has 0 aliphatic carbocycles. The zero-order chi connectivity index (χ0) is 21.3. The van der Waals surface area contributed by atoms with Gasteiger partial charge in [-0.05, 0) is 43.9 Å². The van der Waals surface area contributed by atoms with Crippen LogP contribution in [0.25, 0.3) is 0 Å². The smallest absolute Gasteiger partial charge is 0.251 e. The Labute approximate surface area is 179 Å². The number of unbranched alkanes of at least 4 members (excludes halogenated alkanes) is 10. The molecule has 3 heteroatoms. The molecule has 1 amide bonds. The summed E-state index contributed by atoms with van der Waals surface area (Å²) in [4.78, 5) is 12.3. The van der Waals surface area contributed by atoms with E-state index in [4.69, 9.17) is 0 Å². The van der Waals surface area contributed by atoms with Crippen molar-refractivity contribution in [3.8, 4) is 0 Å². The number of aryl methyl sites for hydroxylation is 1. The lowest BCUT2D eigenvalue weighted by atomic mass is 10.1. The van der Waals surface area contributed by atoms with Gasteiger partial charge in [-0.3, -0.25) is 4.79 Å². The zero-order valence-corrected chi connectivity index (χ0v) is 19.0. The van der Waals surface area contributed by atoms with Crippen molar-refractivity contribution in [2.24, 2.45) is 0 Å². The van der Waals surface area contributed by atoms with Gasteiger partial charge in [0.05, 0.1) is 12.1 Å². The highest BCUT2D eigenvalue weighted by Gasteiger charge is 2.15. The molecule has 0 aliphatic heterocycles. The molecule has 1 rings (SSSR count). The number of hydrogen-bond acceptors (Lipinski definition) is 2. The number of hydrogen-bond donors (Lipinski definition) is 2. The fraction of sp³-hybridized carbons (Fsp3) is 0.654. The minimum absolute atomic E-state index is 0.137. The van der Waals surface area contributed by atoms with Crippen molar-refractivity contribution < 1.29 is 9.90 Å². The highest BCUT2D eigenvalue weighted by molar-refractivity contribution is 5.94. The number of nitrogens with one attached hydrogen (secondary N) is 1. The van der Waals surface area contributed by atoms with E-state index in [-0.39, 0.29) is 11.9 Å². The SMILES string of the molecule is CCCCCCCCCCCC/C=C/[C@@H](O)[C@@H](C)NC(=O)c1ccc(CC)cc1.